The number of carbonyl (C=O) groups is 2. The predicted molar refractivity (Wildman–Crippen MR) is 76.0 cm³/mol. The molecular formula is C14H17NO5S. The first-order valence-corrected chi connectivity index (χ1v) is 8.20. The van der Waals surface area contributed by atoms with Gasteiger partial charge in [0.25, 0.3) is 0 Å². The van der Waals surface area contributed by atoms with Crippen molar-refractivity contribution in [1.29, 1.82) is 0 Å². The van der Waals surface area contributed by atoms with Gasteiger partial charge in [-0.15, -0.1) is 0 Å². The number of nitrogens with zero attached hydrogens (tertiary/aromatic N) is 1. The number of carboxylic acids is 1. The molecule has 1 N–H and O–H groups in total. The Balaban J connectivity index is 2.29. The van der Waals surface area contributed by atoms with Crippen LogP contribution in [0, 0.1) is 6.92 Å². The summed E-state index contributed by atoms with van der Waals surface area (Å²) in [5.41, 5.74) is 0.0888. The van der Waals surface area contributed by atoms with E-state index in [-0.39, 0.29) is 22.1 Å². The zero-order valence-electron chi connectivity index (χ0n) is 11.9. The number of benzene rings is 1. The molecule has 114 valence electrons. The van der Waals surface area contributed by atoms with Gasteiger partial charge in [-0.3, -0.25) is 4.79 Å². The summed E-state index contributed by atoms with van der Waals surface area (Å²) in [7, 11) is -2.26. The predicted octanol–water partition coefficient (Wildman–Crippen LogP) is 1.09. The van der Waals surface area contributed by atoms with Gasteiger partial charge in [0.2, 0.25) is 5.91 Å². The number of amides is 1. The second-order valence-corrected chi connectivity index (χ2v) is 7.19. The fourth-order valence-electron chi connectivity index (χ4n) is 2.19. The summed E-state index contributed by atoms with van der Waals surface area (Å²) in [5, 5.41) is 9.04. The van der Waals surface area contributed by atoms with Crippen LogP contribution in [0.4, 0.5) is 0 Å². The van der Waals surface area contributed by atoms with Crippen LogP contribution in [0.2, 0.25) is 0 Å². The van der Waals surface area contributed by atoms with Crippen LogP contribution in [-0.2, 0) is 14.6 Å². The van der Waals surface area contributed by atoms with Gasteiger partial charge in [0, 0.05) is 13.1 Å². The Labute approximate surface area is 123 Å². The Morgan fingerprint density at radius 2 is 1.95 bits per heavy atom. The Bertz CT molecular complexity index is 691. The maximum atomic E-state index is 12.3. The molecule has 1 aliphatic rings. The molecule has 0 aromatic heterocycles. The topological polar surface area (TPSA) is 91.7 Å². The maximum absolute atomic E-state index is 12.3. The molecule has 1 amide bonds. The molecule has 1 saturated carbocycles. The van der Waals surface area contributed by atoms with E-state index in [9.17, 15) is 18.0 Å². The Morgan fingerprint density at radius 1 is 1.33 bits per heavy atom. The molecule has 0 heterocycles. The fraction of sp³-hybridized carbons (Fsp3) is 0.429. The van der Waals surface area contributed by atoms with Crippen molar-refractivity contribution in [2.24, 2.45) is 0 Å². The molecule has 1 aromatic carbocycles. The second kappa shape index (κ2) is 5.48. The zero-order chi connectivity index (χ0) is 15.8. The largest absolute Gasteiger partial charge is 0.478 e. The minimum absolute atomic E-state index is 0.0703. The molecule has 0 radical (unpaired) electrons. The molecular weight excluding hydrogens is 294 g/mol. The summed E-state index contributed by atoms with van der Waals surface area (Å²) < 4.78 is 24.7. The lowest BCUT2D eigenvalue weighted by molar-refractivity contribution is -0.127. The van der Waals surface area contributed by atoms with Gasteiger partial charge in [-0.2, -0.15) is 0 Å². The minimum atomic E-state index is -3.85. The number of carbonyl (C=O) groups excluding carboxylic acids is 1. The molecule has 1 fully saturated rings. The summed E-state index contributed by atoms with van der Waals surface area (Å²) in [6, 6.07) is 4.19. The molecule has 0 bridgehead atoms. The molecule has 1 aliphatic carbocycles. The summed E-state index contributed by atoms with van der Waals surface area (Å²) in [5.74, 6) is -2.28. The average molecular weight is 311 g/mol. The first kappa shape index (κ1) is 15.5. The van der Waals surface area contributed by atoms with Crippen LogP contribution in [-0.4, -0.2) is 49.1 Å². The zero-order valence-corrected chi connectivity index (χ0v) is 12.7. The van der Waals surface area contributed by atoms with Crippen molar-refractivity contribution in [3.8, 4) is 0 Å². The van der Waals surface area contributed by atoms with Gasteiger partial charge in [-0.05, 0) is 37.5 Å². The van der Waals surface area contributed by atoms with Gasteiger partial charge in [-0.1, -0.05) is 6.07 Å². The van der Waals surface area contributed by atoms with Crippen LogP contribution < -0.4 is 0 Å². The third-order valence-electron chi connectivity index (χ3n) is 3.65. The van der Waals surface area contributed by atoms with Crippen LogP contribution in [0.1, 0.15) is 28.8 Å². The molecule has 6 nitrogen and oxygen atoms in total. The molecule has 0 atom stereocenters. The van der Waals surface area contributed by atoms with E-state index >= 15 is 0 Å². The summed E-state index contributed by atoms with van der Waals surface area (Å²) in [4.78, 5) is 24.4. The summed E-state index contributed by atoms with van der Waals surface area (Å²) >= 11 is 0. The van der Waals surface area contributed by atoms with Crippen LogP contribution in [0.5, 0.6) is 0 Å². The van der Waals surface area contributed by atoms with Crippen LogP contribution in [0.3, 0.4) is 0 Å². The number of hydrogen-bond donors (Lipinski definition) is 1. The molecule has 21 heavy (non-hydrogen) atoms. The third kappa shape index (κ3) is 3.24. The quantitative estimate of drug-likeness (QED) is 0.878. The summed E-state index contributed by atoms with van der Waals surface area (Å²) in [6.45, 7) is 1.44. The number of hydrogen-bond acceptors (Lipinski definition) is 4. The van der Waals surface area contributed by atoms with E-state index in [4.69, 9.17) is 5.11 Å². The smallest absolute Gasteiger partial charge is 0.335 e. The standard InChI is InChI=1S/C14H17NO5S/c1-9-11(14(17)18)4-3-5-12(9)21(19,20)8-13(16)15(2)10-6-7-10/h3-5,10H,6-8H2,1-2H3,(H,17,18). The highest BCUT2D eigenvalue weighted by molar-refractivity contribution is 7.92. The highest BCUT2D eigenvalue weighted by atomic mass is 32.2. The molecule has 0 aliphatic heterocycles. The minimum Gasteiger partial charge on any atom is -0.478 e. The Morgan fingerprint density at radius 3 is 2.48 bits per heavy atom. The monoisotopic (exact) mass is 311 g/mol. The molecule has 2 rings (SSSR count). The van der Waals surface area contributed by atoms with E-state index in [2.05, 4.69) is 0 Å². The first-order valence-electron chi connectivity index (χ1n) is 6.55. The molecule has 0 spiro atoms. The van der Waals surface area contributed by atoms with Crippen molar-refractivity contribution in [3.63, 3.8) is 0 Å². The van der Waals surface area contributed by atoms with Gasteiger partial charge in [-0.25, -0.2) is 13.2 Å². The number of rotatable bonds is 5. The first-order chi connectivity index (χ1) is 9.74. The van der Waals surface area contributed by atoms with Crippen LogP contribution in [0.25, 0.3) is 0 Å². The molecule has 7 heteroatoms. The number of sulfone groups is 1. The maximum Gasteiger partial charge on any atom is 0.335 e. The third-order valence-corrected chi connectivity index (χ3v) is 5.39. The van der Waals surface area contributed by atoms with Crippen molar-refractivity contribution in [2.75, 3.05) is 12.8 Å². The molecule has 0 unspecified atom stereocenters. The summed E-state index contributed by atoms with van der Waals surface area (Å²) in [6.07, 6.45) is 1.80. The van der Waals surface area contributed by atoms with Gasteiger partial charge in [0.15, 0.2) is 9.84 Å². The number of carboxylic acid groups (broad SMARTS) is 1. The van der Waals surface area contributed by atoms with Crippen LogP contribution >= 0.6 is 0 Å². The normalized spacial score (nSPS) is 14.8. The average Bonchev–Trinajstić information content (AvgIpc) is 3.21. The van der Waals surface area contributed by atoms with E-state index in [0.717, 1.165) is 12.8 Å². The van der Waals surface area contributed by atoms with E-state index in [0.29, 0.717) is 0 Å². The molecule has 1 aromatic rings. The van der Waals surface area contributed by atoms with E-state index in [1.54, 1.807) is 7.05 Å². The van der Waals surface area contributed by atoms with Crippen molar-refractivity contribution in [2.45, 2.75) is 30.7 Å². The Kier molecular flexibility index (Phi) is 4.04. The lowest BCUT2D eigenvalue weighted by Gasteiger charge is -2.17. The molecule has 0 saturated heterocycles. The SMILES string of the molecule is Cc1c(C(=O)O)cccc1S(=O)(=O)CC(=O)N(C)C1CC1. The second-order valence-electron chi connectivity index (χ2n) is 5.23. The van der Waals surface area contributed by atoms with E-state index < -0.39 is 27.5 Å². The van der Waals surface area contributed by atoms with E-state index in [1.165, 1.54) is 30.0 Å². The lowest BCUT2D eigenvalue weighted by Crippen LogP contribution is -2.34. The number of aromatic carboxylic acids is 1. The van der Waals surface area contributed by atoms with Crippen molar-refractivity contribution in [1.82, 2.24) is 4.90 Å². The van der Waals surface area contributed by atoms with Crippen LogP contribution in [0.15, 0.2) is 23.1 Å². The Hall–Kier alpha value is -1.89. The van der Waals surface area contributed by atoms with Crippen molar-refractivity contribution < 1.29 is 23.1 Å². The van der Waals surface area contributed by atoms with E-state index in [1.807, 2.05) is 0 Å². The lowest BCUT2D eigenvalue weighted by atomic mass is 10.1. The van der Waals surface area contributed by atoms with Gasteiger partial charge in [0.05, 0.1) is 10.5 Å². The van der Waals surface area contributed by atoms with Gasteiger partial charge < -0.3 is 10.0 Å². The highest BCUT2D eigenvalue weighted by Gasteiger charge is 2.32. The fourth-order valence-corrected chi connectivity index (χ4v) is 3.74. The van der Waals surface area contributed by atoms with Gasteiger partial charge >= 0.3 is 5.97 Å². The van der Waals surface area contributed by atoms with Gasteiger partial charge in [0.1, 0.15) is 5.75 Å². The highest BCUT2D eigenvalue weighted by Crippen LogP contribution is 2.26. The van der Waals surface area contributed by atoms with Crippen molar-refractivity contribution in [3.05, 3.63) is 29.3 Å². The van der Waals surface area contributed by atoms with Crippen molar-refractivity contribution >= 4 is 21.7 Å².